The van der Waals surface area contributed by atoms with Crippen LogP contribution in [0.4, 0.5) is 5.69 Å². The molecule has 1 aliphatic rings. The molecule has 32 heavy (non-hydrogen) atoms. The SMILES string of the molecule is O=C1OC(c2ccccc2)=N/C1=C/c1ccccc1OS(=O)(=O)c1ccccc1[N+](=O)[O-]. The Morgan fingerprint density at radius 3 is 2.34 bits per heavy atom. The molecule has 4 rings (SSSR count). The van der Waals surface area contributed by atoms with Crippen LogP contribution < -0.4 is 4.18 Å². The summed E-state index contributed by atoms with van der Waals surface area (Å²) >= 11 is 0. The van der Waals surface area contributed by atoms with Crippen LogP contribution >= 0.6 is 0 Å². The van der Waals surface area contributed by atoms with E-state index in [9.17, 15) is 23.3 Å². The van der Waals surface area contributed by atoms with Crippen molar-refractivity contribution in [1.29, 1.82) is 0 Å². The van der Waals surface area contributed by atoms with E-state index in [4.69, 9.17) is 8.92 Å². The molecule has 1 heterocycles. The first-order valence-corrected chi connectivity index (χ1v) is 10.6. The highest BCUT2D eigenvalue weighted by Gasteiger charge is 2.28. The molecule has 0 saturated heterocycles. The molecule has 0 saturated carbocycles. The van der Waals surface area contributed by atoms with Crippen molar-refractivity contribution >= 4 is 33.7 Å². The number of esters is 1. The number of rotatable bonds is 6. The van der Waals surface area contributed by atoms with Gasteiger partial charge in [-0.2, -0.15) is 8.42 Å². The lowest BCUT2D eigenvalue weighted by Gasteiger charge is -2.09. The molecule has 0 aliphatic carbocycles. The molecule has 0 spiro atoms. The molecule has 0 unspecified atom stereocenters. The second kappa shape index (κ2) is 8.44. The Hall–Kier alpha value is -4.31. The predicted molar refractivity (Wildman–Crippen MR) is 114 cm³/mol. The number of carbonyl (C=O) groups is 1. The van der Waals surface area contributed by atoms with Crippen LogP contribution in [0.1, 0.15) is 11.1 Å². The summed E-state index contributed by atoms with van der Waals surface area (Å²) in [4.78, 5) is 26.3. The van der Waals surface area contributed by atoms with Crippen LogP contribution in [0.25, 0.3) is 6.08 Å². The number of hydrogen-bond donors (Lipinski definition) is 0. The number of ether oxygens (including phenoxy) is 1. The number of cyclic esters (lactones) is 1. The number of nitro groups is 1. The lowest BCUT2D eigenvalue weighted by atomic mass is 10.1. The lowest BCUT2D eigenvalue weighted by Crippen LogP contribution is -2.12. The van der Waals surface area contributed by atoms with E-state index in [0.29, 0.717) is 5.56 Å². The van der Waals surface area contributed by atoms with Gasteiger partial charge in [0.15, 0.2) is 10.6 Å². The number of nitrogens with zero attached hydrogens (tertiary/aromatic N) is 2. The normalized spacial score (nSPS) is 14.7. The van der Waals surface area contributed by atoms with Gasteiger partial charge in [-0.1, -0.05) is 48.5 Å². The highest BCUT2D eigenvalue weighted by molar-refractivity contribution is 7.87. The molecule has 10 heteroatoms. The van der Waals surface area contributed by atoms with E-state index in [-0.39, 0.29) is 22.9 Å². The van der Waals surface area contributed by atoms with Gasteiger partial charge in [-0.3, -0.25) is 10.1 Å². The number of carbonyl (C=O) groups excluding carboxylic acids is 1. The van der Waals surface area contributed by atoms with E-state index < -0.39 is 31.6 Å². The van der Waals surface area contributed by atoms with Gasteiger partial charge in [0.05, 0.1) is 4.92 Å². The fourth-order valence-corrected chi connectivity index (χ4v) is 4.04. The molecule has 0 aromatic heterocycles. The Balaban J connectivity index is 1.70. The summed E-state index contributed by atoms with van der Waals surface area (Å²) in [7, 11) is -4.54. The quantitative estimate of drug-likeness (QED) is 0.184. The number of para-hydroxylation sites is 2. The summed E-state index contributed by atoms with van der Waals surface area (Å²) < 4.78 is 35.9. The van der Waals surface area contributed by atoms with Gasteiger partial charge in [-0.05, 0) is 30.3 Å². The van der Waals surface area contributed by atoms with Crippen molar-refractivity contribution in [1.82, 2.24) is 0 Å². The fraction of sp³-hybridized carbons (Fsp3) is 0. The van der Waals surface area contributed by atoms with Crippen molar-refractivity contribution < 1.29 is 27.1 Å². The molecule has 9 nitrogen and oxygen atoms in total. The minimum atomic E-state index is -4.54. The molecule has 0 fully saturated rings. The average molecular weight is 450 g/mol. The Labute approximate surface area is 182 Å². The molecular formula is C22H14N2O7S. The summed E-state index contributed by atoms with van der Waals surface area (Å²) in [5, 5.41) is 11.2. The van der Waals surface area contributed by atoms with Crippen LogP contribution in [0, 0.1) is 10.1 Å². The van der Waals surface area contributed by atoms with Gasteiger partial charge < -0.3 is 8.92 Å². The predicted octanol–water partition coefficient (Wildman–Crippen LogP) is 3.71. The first-order valence-electron chi connectivity index (χ1n) is 9.20. The zero-order valence-electron chi connectivity index (χ0n) is 16.2. The van der Waals surface area contributed by atoms with Crippen LogP contribution in [-0.2, 0) is 19.6 Å². The zero-order valence-corrected chi connectivity index (χ0v) is 17.1. The van der Waals surface area contributed by atoms with E-state index >= 15 is 0 Å². The molecule has 3 aromatic carbocycles. The van der Waals surface area contributed by atoms with Crippen LogP contribution in [0.3, 0.4) is 0 Å². The van der Waals surface area contributed by atoms with E-state index in [2.05, 4.69) is 4.99 Å². The molecule has 0 N–H and O–H groups in total. The summed E-state index contributed by atoms with van der Waals surface area (Å²) in [6.45, 7) is 0. The number of benzene rings is 3. The van der Waals surface area contributed by atoms with Crippen molar-refractivity contribution in [3.63, 3.8) is 0 Å². The molecule has 3 aromatic rings. The minimum absolute atomic E-state index is 0.0528. The molecule has 0 bridgehead atoms. The maximum atomic E-state index is 12.8. The molecule has 0 atom stereocenters. The highest BCUT2D eigenvalue weighted by Crippen LogP contribution is 2.30. The molecular weight excluding hydrogens is 436 g/mol. The third-order valence-corrected chi connectivity index (χ3v) is 5.67. The molecule has 0 amide bonds. The third kappa shape index (κ3) is 4.25. The van der Waals surface area contributed by atoms with E-state index in [1.165, 1.54) is 36.4 Å². The number of nitro benzene ring substituents is 1. The maximum absolute atomic E-state index is 12.8. The molecule has 0 radical (unpaired) electrons. The van der Waals surface area contributed by atoms with Gasteiger partial charge in [0.2, 0.25) is 5.90 Å². The van der Waals surface area contributed by atoms with Crippen LogP contribution in [0.2, 0.25) is 0 Å². The Kier molecular flexibility index (Phi) is 5.52. The second-order valence-electron chi connectivity index (χ2n) is 6.50. The van der Waals surface area contributed by atoms with Gasteiger partial charge in [-0.25, -0.2) is 9.79 Å². The standard InChI is InChI=1S/C22H14N2O7S/c25-22-17(23-21(30-22)15-8-2-1-3-9-15)14-16-10-4-6-12-19(16)31-32(28,29)20-13-7-5-11-18(20)24(26)27/h1-14H/b17-14+. The first-order chi connectivity index (χ1) is 15.3. The monoisotopic (exact) mass is 450 g/mol. The fourth-order valence-electron chi connectivity index (χ4n) is 2.92. The van der Waals surface area contributed by atoms with Crippen LogP contribution in [0.5, 0.6) is 5.75 Å². The first kappa shape index (κ1) is 20.9. The summed E-state index contributed by atoms with van der Waals surface area (Å²) in [5.74, 6) is -0.720. The van der Waals surface area contributed by atoms with Crippen molar-refractivity contribution in [2.45, 2.75) is 4.90 Å². The Morgan fingerprint density at radius 2 is 1.59 bits per heavy atom. The Bertz CT molecular complexity index is 1380. The average Bonchev–Trinajstić information content (AvgIpc) is 3.16. The van der Waals surface area contributed by atoms with Crippen molar-refractivity contribution in [3.05, 3.63) is 106 Å². The maximum Gasteiger partial charge on any atom is 0.363 e. The molecule has 1 aliphatic heterocycles. The summed E-state index contributed by atoms with van der Waals surface area (Å²) in [5.41, 5.74) is 0.162. The topological polar surface area (TPSA) is 125 Å². The van der Waals surface area contributed by atoms with Gasteiger partial charge in [0.25, 0.3) is 5.69 Å². The smallest absolute Gasteiger partial charge is 0.363 e. The van der Waals surface area contributed by atoms with Crippen molar-refractivity contribution in [2.24, 2.45) is 4.99 Å². The Morgan fingerprint density at radius 1 is 0.938 bits per heavy atom. The largest absolute Gasteiger partial charge is 0.402 e. The van der Waals surface area contributed by atoms with Gasteiger partial charge in [0, 0.05) is 17.2 Å². The van der Waals surface area contributed by atoms with Gasteiger partial charge in [-0.15, -0.1) is 0 Å². The van der Waals surface area contributed by atoms with Crippen molar-refractivity contribution in [3.8, 4) is 5.75 Å². The van der Waals surface area contributed by atoms with E-state index in [0.717, 1.165) is 12.1 Å². The summed E-state index contributed by atoms with van der Waals surface area (Å²) in [6.07, 6.45) is 1.32. The highest BCUT2D eigenvalue weighted by atomic mass is 32.2. The van der Waals surface area contributed by atoms with Crippen LogP contribution in [0.15, 0.2) is 94.4 Å². The molecule has 160 valence electrons. The van der Waals surface area contributed by atoms with Gasteiger partial charge >= 0.3 is 16.1 Å². The van der Waals surface area contributed by atoms with Crippen molar-refractivity contribution in [2.75, 3.05) is 0 Å². The summed E-state index contributed by atoms with van der Waals surface area (Å²) in [6, 6.07) is 19.7. The number of aliphatic imine (C=N–C) groups is 1. The second-order valence-corrected chi connectivity index (χ2v) is 8.02. The third-order valence-electron chi connectivity index (χ3n) is 4.38. The van der Waals surface area contributed by atoms with Gasteiger partial charge in [0.1, 0.15) is 5.75 Å². The lowest BCUT2D eigenvalue weighted by molar-refractivity contribution is -0.387. The zero-order chi connectivity index (χ0) is 22.7. The minimum Gasteiger partial charge on any atom is -0.402 e. The van der Waals surface area contributed by atoms with E-state index in [1.807, 2.05) is 6.07 Å². The van der Waals surface area contributed by atoms with E-state index in [1.54, 1.807) is 30.3 Å². The van der Waals surface area contributed by atoms with Crippen LogP contribution in [-0.4, -0.2) is 25.2 Å². The number of hydrogen-bond acceptors (Lipinski definition) is 8.